The summed E-state index contributed by atoms with van der Waals surface area (Å²) in [6.07, 6.45) is 74.5. The standard InChI is InChI=1S/C68H132O6/c1-4-7-10-13-16-19-22-23-24-25-26-27-28-29-30-31-32-33-34-35-36-37-38-39-40-41-42-43-44-47-49-52-55-58-61-67(70)73-64-65(74-68(71)62-59-56-53-50-46-21-18-15-12-9-6-3)63-72-66(69)60-57-54-51-48-45-20-17-14-11-8-5-2/h65H,4-64H2,1-3H3. The van der Waals surface area contributed by atoms with Crippen LogP contribution in [-0.4, -0.2) is 37.2 Å². The summed E-state index contributed by atoms with van der Waals surface area (Å²) in [4.78, 5) is 38.1. The number of unbranched alkanes of at least 4 members (excludes halogenated alkanes) is 53. The summed E-state index contributed by atoms with van der Waals surface area (Å²) in [5.41, 5.74) is 0. The van der Waals surface area contributed by atoms with Gasteiger partial charge in [0.25, 0.3) is 0 Å². The molecule has 0 aliphatic carbocycles. The summed E-state index contributed by atoms with van der Waals surface area (Å²) in [5.74, 6) is -0.833. The lowest BCUT2D eigenvalue weighted by Gasteiger charge is -2.18. The first-order valence-electron chi connectivity index (χ1n) is 34.0. The zero-order valence-corrected chi connectivity index (χ0v) is 50.7. The third kappa shape index (κ3) is 61.3. The lowest BCUT2D eigenvalue weighted by Crippen LogP contribution is -2.30. The van der Waals surface area contributed by atoms with E-state index < -0.39 is 6.10 Å². The molecule has 0 spiro atoms. The predicted molar refractivity (Wildman–Crippen MR) is 321 cm³/mol. The molecule has 1 atom stereocenters. The second-order valence-corrected chi connectivity index (χ2v) is 23.5. The van der Waals surface area contributed by atoms with E-state index in [4.69, 9.17) is 14.2 Å². The van der Waals surface area contributed by atoms with Gasteiger partial charge in [-0.25, -0.2) is 0 Å². The summed E-state index contributed by atoms with van der Waals surface area (Å²) in [7, 11) is 0. The fourth-order valence-electron chi connectivity index (χ4n) is 10.7. The van der Waals surface area contributed by atoms with Crippen LogP contribution < -0.4 is 0 Å². The maximum Gasteiger partial charge on any atom is 0.306 e. The normalized spacial score (nSPS) is 11.9. The van der Waals surface area contributed by atoms with Gasteiger partial charge in [0.05, 0.1) is 0 Å². The van der Waals surface area contributed by atoms with Crippen LogP contribution >= 0.6 is 0 Å². The number of hydrogen-bond acceptors (Lipinski definition) is 6. The molecule has 0 heterocycles. The predicted octanol–water partition coefficient (Wildman–Crippen LogP) is 23.1. The van der Waals surface area contributed by atoms with Gasteiger partial charge in [-0.3, -0.25) is 14.4 Å². The minimum Gasteiger partial charge on any atom is -0.462 e. The average Bonchev–Trinajstić information content (AvgIpc) is 3.40. The van der Waals surface area contributed by atoms with Crippen LogP contribution in [-0.2, 0) is 28.6 Å². The Morgan fingerprint density at radius 2 is 0.365 bits per heavy atom. The first kappa shape index (κ1) is 72.4. The Hall–Kier alpha value is -1.59. The lowest BCUT2D eigenvalue weighted by atomic mass is 10.0. The molecule has 0 aromatic rings. The monoisotopic (exact) mass is 1050 g/mol. The Morgan fingerprint density at radius 3 is 0.541 bits per heavy atom. The highest BCUT2D eigenvalue weighted by atomic mass is 16.6. The molecule has 74 heavy (non-hydrogen) atoms. The van der Waals surface area contributed by atoms with Crippen LogP contribution in [0.1, 0.15) is 400 Å². The average molecular weight is 1050 g/mol. The molecule has 0 bridgehead atoms. The van der Waals surface area contributed by atoms with E-state index in [-0.39, 0.29) is 31.1 Å². The SMILES string of the molecule is CCCCCCCCCCCCCCCCCCCCCCCCCCCCCCCCCCCCC(=O)OCC(COC(=O)CCCCCCCCCCCCC)OC(=O)CCCCCCCCCCCCC. The number of carbonyl (C=O) groups is 3. The van der Waals surface area contributed by atoms with Gasteiger partial charge >= 0.3 is 17.9 Å². The van der Waals surface area contributed by atoms with Crippen molar-refractivity contribution in [3.05, 3.63) is 0 Å². The summed E-state index contributed by atoms with van der Waals surface area (Å²) < 4.78 is 16.9. The summed E-state index contributed by atoms with van der Waals surface area (Å²) in [5, 5.41) is 0. The third-order valence-corrected chi connectivity index (χ3v) is 15.9. The number of ether oxygens (including phenoxy) is 3. The van der Waals surface area contributed by atoms with Crippen molar-refractivity contribution in [3.8, 4) is 0 Å². The van der Waals surface area contributed by atoms with Gasteiger partial charge in [-0.15, -0.1) is 0 Å². The number of rotatable bonds is 64. The molecule has 0 aliphatic rings. The largest absolute Gasteiger partial charge is 0.462 e. The van der Waals surface area contributed by atoms with Crippen LogP contribution in [0.25, 0.3) is 0 Å². The molecule has 1 unspecified atom stereocenters. The summed E-state index contributed by atoms with van der Waals surface area (Å²) >= 11 is 0. The fraction of sp³-hybridized carbons (Fsp3) is 0.956. The minimum atomic E-state index is -0.761. The van der Waals surface area contributed by atoms with Gasteiger partial charge in [0.15, 0.2) is 6.10 Å². The van der Waals surface area contributed by atoms with E-state index in [0.717, 1.165) is 57.8 Å². The van der Waals surface area contributed by atoms with Crippen molar-refractivity contribution < 1.29 is 28.6 Å². The number of esters is 3. The van der Waals surface area contributed by atoms with Crippen molar-refractivity contribution in [1.29, 1.82) is 0 Å². The highest BCUT2D eigenvalue weighted by Crippen LogP contribution is 2.19. The molecule has 6 heteroatoms. The molecule has 0 aliphatic heterocycles. The van der Waals surface area contributed by atoms with Gasteiger partial charge in [0, 0.05) is 19.3 Å². The Kier molecular flexibility index (Phi) is 62.6. The van der Waals surface area contributed by atoms with E-state index in [0.29, 0.717) is 19.3 Å². The van der Waals surface area contributed by atoms with Crippen LogP contribution in [0.3, 0.4) is 0 Å². The second-order valence-electron chi connectivity index (χ2n) is 23.5. The Balaban J connectivity index is 3.91. The van der Waals surface area contributed by atoms with Gasteiger partial charge in [0.2, 0.25) is 0 Å². The van der Waals surface area contributed by atoms with Crippen LogP contribution in [0, 0.1) is 0 Å². The first-order chi connectivity index (χ1) is 36.5. The van der Waals surface area contributed by atoms with Gasteiger partial charge in [0.1, 0.15) is 13.2 Å². The van der Waals surface area contributed by atoms with E-state index in [1.807, 2.05) is 0 Å². The molecule has 0 saturated heterocycles. The van der Waals surface area contributed by atoms with E-state index >= 15 is 0 Å². The molecule has 0 aromatic carbocycles. The Labute approximate surface area is 463 Å². The van der Waals surface area contributed by atoms with E-state index in [2.05, 4.69) is 20.8 Å². The molecular weight excluding hydrogens is 913 g/mol. The molecule has 0 N–H and O–H groups in total. The van der Waals surface area contributed by atoms with Crippen LogP contribution in [0.5, 0.6) is 0 Å². The number of hydrogen-bond donors (Lipinski definition) is 0. The fourth-order valence-corrected chi connectivity index (χ4v) is 10.7. The summed E-state index contributed by atoms with van der Waals surface area (Å²) in [6, 6.07) is 0. The van der Waals surface area contributed by atoms with Crippen molar-refractivity contribution in [2.24, 2.45) is 0 Å². The Morgan fingerprint density at radius 1 is 0.216 bits per heavy atom. The molecule has 0 saturated carbocycles. The molecule has 0 rings (SSSR count). The minimum absolute atomic E-state index is 0.0613. The maximum atomic E-state index is 12.8. The highest BCUT2D eigenvalue weighted by molar-refractivity contribution is 5.71. The molecule has 0 fully saturated rings. The molecule has 0 aromatic heterocycles. The summed E-state index contributed by atoms with van der Waals surface area (Å²) in [6.45, 7) is 6.70. The van der Waals surface area contributed by atoms with E-state index in [1.54, 1.807) is 0 Å². The number of carbonyl (C=O) groups excluding carboxylic acids is 3. The van der Waals surface area contributed by atoms with Crippen molar-refractivity contribution in [1.82, 2.24) is 0 Å². The van der Waals surface area contributed by atoms with Crippen LogP contribution in [0.2, 0.25) is 0 Å². The zero-order chi connectivity index (χ0) is 53.6. The molecule has 6 nitrogen and oxygen atoms in total. The highest BCUT2D eigenvalue weighted by Gasteiger charge is 2.19. The van der Waals surface area contributed by atoms with Crippen LogP contribution in [0.15, 0.2) is 0 Å². The van der Waals surface area contributed by atoms with Gasteiger partial charge in [-0.1, -0.05) is 361 Å². The topological polar surface area (TPSA) is 78.9 Å². The molecule has 0 amide bonds. The van der Waals surface area contributed by atoms with Gasteiger partial charge < -0.3 is 14.2 Å². The second kappa shape index (κ2) is 63.9. The quantitative estimate of drug-likeness (QED) is 0.0343. The van der Waals surface area contributed by atoms with Crippen molar-refractivity contribution in [2.75, 3.05) is 13.2 Å². The van der Waals surface area contributed by atoms with E-state index in [1.165, 1.54) is 302 Å². The lowest BCUT2D eigenvalue weighted by molar-refractivity contribution is -0.167. The first-order valence-corrected chi connectivity index (χ1v) is 34.0. The maximum absolute atomic E-state index is 12.8. The molecule has 440 valence electrons. The smallest absolute Gasteiger partial charge is 0.306 e. The van der Waals surface area contributed by atoms with Gasteiger partial charge in [-0.2, -0.15) is 0 Å². The van der Waals surface area contributed by atoms with Gasteiger partial charge in [-0.05, 0) is 19.3 Å². The van der Waals surface area contributed by atoms with E-state index in [9.17, 15) is 14.4 Å². The van der Waals surface area contributed by atoms with Crippen molar-refractivity contribution >= 4 is 17.9 Å². The van der Waals surface area contributed by atoms with Crippen molar-refractivity contribution in [2.45, 2.75) is 406 Å². The molecule has 0 radical (unpaired) electrons. The Bertz CT molecular complexity index is 1110. The third-order valence-electron chi connectivity index (χ3n) is 15.9. The van der Waals surface area contributed by atoms with Crippen LogP contribution in [0.4, 0.5) is 0 Å². The van der Waals surface area contributed by atoms with Crippen molar-refractivity contribution in [3.63, 3.8) is 0 Å². The molecular formula is C68H132O6. The zero-order valence-electron chi connectivity index (χ0n) is 50.7.